The van der Waals surface area contributed by atoms with E-state index >= 15 is 0 Å². The van der Waals surface area contributed by atoms with Gasteiger partial charge in [-0.2, -0.15) is 5.10 Å². The third kappa shape index (κ3) is 2.24. The number of nitrogens with zero attached hydrogens (tertiary/aromatic N) is 4. The molecule has 120 valence electrons. The zero-order valence-corrected chi connectivity index (χ0v) is 14.5. The minimum absolute atomic E-state index is 0.0137. The Bertz CT molecular complexity index is 950. The van der Waals surface area contributed by atoms with Crippen molar-refractivity contribution in [2.75, 3.05) is 6.54 Å². The third-order valence-electron chi connectivity index (χ3n) is 5.02. The minimum atomic E-state index is 0.0137. The van der Waals surface area contributed by atoms with E-state index in [0.29, 0.717) is 6.67 Å². The van der Waals surface area contributed by atoms with Gasteiger partial charge in [-0.15, -0.1) is 11.3 Å². The molecule has 0 saturated heterocycles. The number of thiophene rings is 1. The number of fused-ring (bicyclic) bond motifs is 2. The highest BCUT2D eigenvalue weighted by molar-refractivity contribution is 7.10. The van der Waals surface area contributed by atoms with Crippen LogP contribution in [-0.4, -0.2) is 25.8 Å². The molecule has 0 spiro atoms. The summed E-state index contributed by atoms with van der Waals surface area (Å²) in [6.45, 7) is 6.46. The molecule has 23 heavy (non-hydrogen) atoms. The van der Waals surface area contributed by atoms with Crippen molar-refractivity contribution in [3.8, 4) is 0 Å². The van der Waals surface area contributed by atoms with E-state index in [9.17, 15) is 4.79 Å². The van der Waals surface area contributed by atoms with E-state index in [1.165, 1.54) is 10.4 Å². The molecule has 0 aliphatic carbocycles. The van der Waals surface area contributed by atoms with Crippen LogP contribution < -0.4 is 5.56 Å². The topological polar surface area (TPSA) is 43.1 Å². The molecule has 5 nitrogen and oxygen atoms in total. The van der Waals surface area contributed by atoms with Crippen LogP contribution in [0, 0.1) is 13.8 Å². The Morgan fingerprint density at radius 1 is 1.30 bits per heavy atom. The summed E-state index contributed by atoms with van der Waals surface area (Å²) in [6, 6.07) is 2.19. The summed E-state index contributed by atoms with van der Waals surface area (Å²) < 4.78 is 3.67. The summed E-state index contributed by atoms with van der Waals surface area (Å²) in [5.41, 5.74) is 3.51. The lowest BCUT2D eigenvalue weighted by Crippen LogP contribution is -2.36. The highest BCUT2D eigenvalue weighted by Crippen LogP contribution is 2.24. The van der Waals surface area contributed by atoms with Crippen molar-refractivity contribution in [2.24, 2.45) is 7.05 Å². The predicted octanol–water partition coefficient (Wildman–Crippen LogP) is 2.43. The van der Waals surface area contributed by atoms with Gasteiger partial charge >= 0.3 is 0 Å². The summed E-state index contributed by atoms with van der Waals surface area (Å²) in [7, 11) is 2.00. The molecule has 0 N–H and O–H groups in total. The van der Waals surface area contributed by atoms with Gasteiger partial charge in [-0.1, -0.05) is 0 Å². The van der Waals surface area contributed by atoms with Crippen molar-refractivity contribution >= 4 is 22.1 Å². The van der Waals surface area contributed by atoms with Crippen LogP contribution in [0.25, 0.3) is 10.8 Å². The van der Waals surface area contributed by atoms with Gasteiger partial charge in [0.2, 0.25) is 0 Å². The van der Waals surface area contributed by atoms with E-state index in [0.717, 1.165) is 41.7 Å². The molecule has 0 saturated carbocycles. The maximum atomic E-state index is 12.8. The highest BCUT2D eigenvalue weighted by atomic mass is 32.1. The molecule has 0 unspecified atom stereocenters. The first-order chi connectivity index (χ1) is 11.1. The lowest BCUT2D eigenvalue weighted by Gasteiger charge is -2.26. The quantitative estimate of drug-likeness (QED) is 0.726. The molecule has 0 bridgehead atoms. The molecule has 4 heterocycles. The Morgan fingerprint density at radius 3 is 2.96 bits per heavy atom. The molecule has 0 fully saturated rings. The number of aromatic nitrogens is 3. The first-order valence-electron chi connectivity index (χ1n) is 7.85. The van der Waals surface area contributed by atoms with Crippen molar-refractivity contribution in [3.05, 3.63) is 49.8 Å². The van der Waals surface area contributed by atoms with Crippen LogP contribution in [0.2, 0.25) is 0 Å². The van der Waals surface area contributed by atoms with Gasteiger partial charge in [0.15, 0.2) is 0 Å². The number of rotatable bonds is 2. The fourth-order valence-corrected chi connectivity index (χ4v) is 4.32. The minimum Gasteiger partial charge on any atom is -0.351 e. The average Bonchev–Trinajstić information content (AvgIpc) is 3.09. The van der Waals surface area contributed by atoms with E-state index in [1.54, 1.807) is 4.68 Å². The van der Waals surface area contributed by atoms with Crippen LogP contribution in [0.3, 0.4) is 0 Å². The molecule has 0 aromatic carbocycles. The normalized spacial score (nSPS) is 15.3. The average molecular weight is 328 g/mol. The maximum Gasteiger partial charge on any atom is 0.277 e. The molecule has 1 aliphatic rings. The van der Waals surface area contributed by atoms with E-state index in [-0.39, 0.29) is 5.56 Å². The second-order valence-corrected chi connectivity index (χ2v) is 7.28. The monoisotopic (exact) mass is 328 g/mol. The van der Waals surface area contributed by atoms with Crippen molar-refractivity contribution in [3.63, 3.8) is 0 Å². The van der Waals surface area contributed by atoms with Crippen molar-refractivity contribution in [1.82, 2.24) is 19.2 Å². The highest BCUT2D eigenvalue weighted by Gasteiger charge is 2.19. The van der Waals surface area contributed by atoms with Crippen LogP contribution in [0.5, 0.6) is 0 Å². The molecular formula is C17H20N4OS. The molecule has 4 rings (SSSR count). The van der Waals surface area contributed by atoms with Crippen molar-refractivity contribution in [1.29, 1.82) is 0 Å². The Balaban J connectivity index is 1.69. The number of hydrogen-bond acceptors (Lipinski definition) is 4. The van der Waals surface area contributed by atoms with E-state index in [1.807, 2.05) is 38.4 Å². The predicted molar refractivity (Wildman–Crippen MR) is 92.9 cm³/mol. The number of aryl methyl sites for hydroxylation is 2. The lowest BCUT2D eigenvalue weighted by atomic mass is 10.1. The van der Waals surface area contributed by atoms with Crippen molar-refractivity contribution < 1.29 is 0 Å². The van der Waals surface area contributed by atoms with Crippen molar-refractivity contribution in [2.45, 2.75) is 33.5 Å². The maximum absolute atomic E-state index is 12.8. The van der Waals surface area contributed by atoms with Gasteiger partial charge in [-0.25, -0.2) is 4.68 Å². The van der Waals surface area contributed by atoms with Crippen LogP contribution in [-0.2, 0) is 26.7 Å². The second kappa shape index (κ2) is 5.32. The van der Waals surface area contributed by atoms with Crippen LogP contribution in [0.1, 0.15) is 21.8 Å². The third-order valence-corrected chi connectivity index (χ3v) is 6.05. The number of hydrogen-bond donors (Lipinski definition) is 0. The van der Waals surface area contributed by atoms with Crippen LogP contribution in [0.4, 0.5) is 0 Å². The molecule has 0 amide bonds. The molecule has 1 aliphatic heterocycles. The van der Waals surface area contributed by atoms with Gasteiger partial charge in [-0.05, 0) is 37.3 Å². The van der Waals surface area contributed by atoms with E-state index < -0.39 is 0 Å². The summed E-state index contributed by atoms with van der Waals surface area (Å²) in [6.07, 6.45) is 2.90. The van der Waals surface area contributed by atoms with Gasteiger partial charge < -0.3 is 4.57 Å². The van der Waals surface area contributed by atoms with Crippen LogP contribution >= 0.6 is 11.3 Å². The molecule has 6 heteroatoms. The summed E-state index contributed by atoms with van der Waals surface area (Å²) >= 11 is 1.83. The van der Waals surface area contributed by atoms with Gasteiger partial charge in [0.05, 0.1) is 18.3 Å². The first kappa shape index (κ1) is 14.7. The van der Waals surface area contributed by atoms with Gasteiger partial charge in [0.25, 0.3) is 5.56 Å². The second-order valence-electron chi connectivity index (χ2n) is 6.28. The zero-order valence-electron chi connectivity index (χ0n) is 13.7. The molecular weight excluding hydrogens is 308 g/mol. The summed E-state index contributed by atoms with van der Waals surface area (Å²) in [4.78, 5) is 16.6. The van der Waals surface area contributed by atoms with Gasteiger partial charge in [-0.3, -0.25) is 9.69 Å². The fourth-order valence-electron chi connectivity index (χ4n) is 3.43. The Morgan fingerprint density at radius 2 is 2.13 bits per heavy atom. The SMILES string of the molecule is Cc1c2cnn(CN3CCc4sccc4C3)c(=O)c2c(C)n1C. The molecule has 3 aromatic heterocycles. The zero-order chi connectivity index (χ0) is 16.1. The smallest absolute Gasteiger partial charge is 0.277 e. The molecule has 0 radical (unpaired) electrons. The molecule has 0 atom stereocenters. The fraction of sp³-hybridized carbons (Fsp3) is 0.412. The summed E-state index contributed by atoms with van der Waals surface area (Å²) in [5, 5.41) is 8.33. The Labute approximate surface area is 138 Å². The largest absolute Gasteiger partial charge is 0.351 e. The van der Waals surface area contributed by atoms with E-state index in [4.69, 9.17) is 0 Å². The lowest BCUT2D eigenvalue weighted by molar-refractivity contribution is 0.187. The van der Waals surface area contributed by atoms with Crippen LogP contribution in [0.15, 0.2) is 22.4 Å². The Hall–Kier alpha value is -1.92. The Kier molecular flexibility index (Phi) is 3.39. The first-order valence-corrected chi connectivity index (χ1v) is 8.73. The standard InChI is InChI=1S/C17H20N4OS/c1-11-14-8-18-21(17(22)16(14)12(2)19(11)3)10-20-6-4-15-13(9-20)5-7-23-15/h5,7-8H,4,6,9-10H2,1-3H3. The van der Waals surface area contributed by atoms with E-state index in [2.05, 4.69) is 26.0 Å². The summed E-state index contributed by atoms with van der Waals surface area (Å²) in [5.74, 6) is 0. The van der Waals surface area contributed by atoms with Gasteiger partial charge in [0, 0.05) is 41.8 Å². The van der Waals surface area contributed by atoms with Gasteiger partial charge in [0.1, 0.15) is 0 Å². The molecule has 3 aromatic rings.